The summed E-state index contributed by atoms with van der Waals surface area (Å²) in [6.45, 7) is 8.80. The Morgan fingerprint density at radius 3 is 2.16 bits per heavy atom. The van der Waals surface area contributed by atoms with Crippen LogP contribution in [0.4, 0.5) is 0 Å². The predicted octanol–water partition coefficient (Wildman–Crippen LogP) is 3.40. The van der Waals surface area contributed by atoms with Crippen LogP contribution in [-0.2, 0) is 9.53 Å². The van der Waals surface area contributed by atoms with Gasteiger partial charge in [0.2, 0.25) is 0 Å². The van der Waals surface area contributed by atoms with Gasteiger partial charge in [-0.1, -0.05) is 27.7 Å². The molecule has 0 heterocycles. The molecule has 0 aromatic heterocycles. The van der Waals surface area contributed by atoms with E-state index in [0.29, 0.717) is 11.8 Å². The van der Waals surface area contributed by atoms with Crippen molar-refractivity contribution in [2.24, 2.45) is 23.2 Å². The van der Waals surface area contributed by atoms with Gasteiger partial charge in [-0.05, 0) is 49.4 Å². The van der Waals surface area contributed by atoms with Gasteiger partial charge in [0.15, 0.2) is 0 Å². The van der Waals surface area contributed by atoms with Crippen molar-refractivity contribution in [2.75, 3.05) is 7.11 Å². The molecule has 0 amide bonds. The Balaban J connectivity index is 2.57. The second kappa shape index (κ2) is 6.74. The molecule has 1 fully saturated rings. The summed E-state index contributed by atoms with van der Waals surface area (Å²) in [4.78, 5) is 11.7. The van der Waals surface area contributed by atoms with E-state index < -0.39 is 6.10 Å². The Labute approximate surface area is 117 Å². The van der Waals surface area contributed by atoms with Gasteiger partial charge in [0, 0.05) is 0 Å². The first-order chi connectivity index (χ1) is 8.81. The lowest BCUT2D eigenvalue weighted by Crippen LogP contribution is -2.38. The molecule has 1 aliphatic carbocycles. The highest BCUT2D eigenvalue weighted by molar-refractivity contribution is 5.72. The standard InChI is InChI=1S/C16H30O3/c1-6-13(15(18)19-5)14(17)11-7-9-12(10-8-11)16(2,3)4/h11-14,17H,6-10H2,1-5H3. The van der Waals surface area contributed by atoms with E-state index in [1.807, 2.05) is 6.92 Å². The van der Waals surface area contributed by atoms with Crippen LogP contribution in [0.2, 0.25) is 0 Å². The SMILES string of the molecule is CCC(C(=O)OC)C(O)C1CCC(C(C)(C)C)CC1. The third kappa shape index (κ3) is 4.20. The Morgan fingerprint density at radius 1 is 1.26 bits per heavy atom. The van der Waals surface area contributed by atoms with Crippen LogP contribution in [0.5, 0.6) is 0 Å². The van der Waals surface area contributed by atoms with E-state index in [2.05, 4.69) is 20.8 Å². The summed E-state index contributed by atoms with van der Waals surface area (Å²) < 4.78 is 4.79. The minimum absolute atomic E-state index is 0.252. The van der Waals surface area contributed by atoms with Crippen LogP contribution in [0.25, 0.3) is 0 Å². The van der Waals surface area contributed by atoms with Crippen LogP contribution in [0, 0.1) is 23.2 Å². The topological polar surface area (TPSA) is 46.5 Å². The van der Waals surface area contributed by atoms with Gasteiger partial charge < -0.3 is 9.84 Å². The molecule has 0 aromatic carbocycles. The Bertz CT molecular complexity index is 285. The van der Waals surface area contributed by atoms with Crippen LogP contribution in [0.15, 0.2) is 0 Å². The number of aliphatic hydroxyl groups is 1. The van der Waals surface area contributed by atoms with Gasteiger partial charge in [-0.3, -0.25) is 4.79 Å². The van der Waals surface area contributed by atoms with Crippen LogP contribution >= 0.6 is 0 Å². The van der Waals surface area contributed by atoms with Gasteiger partial charge in [0.05, 0.1) is 19.1 Å². The Morgan fingerprint density at radius 2 is 1.79 bits per heavy atom. The molecule has 2 atom stereocenters. The number of ether oxygens (including phenoxy) is 1. The number of esters is 1. The first-order valence-corrected chi connectivity index (χ1v) is 7.57. The number of hydrogen-bond acceptors (Lipinski definition) is 3. The number of aliphatic hydroxyl groups excluding tert-OH is 1. The zero-order chi connectivity index (χ0) is 14.6. The number of rotatable bonds is 4. The maximum atomic E-state index is 11.7. The molecule has 3 nitrogen and oxygen atoms in total. The highest BCUT2D eigenvalue weighted by Crippen LogP contribution is 2.41. The Hall–Kier alpha value is -0.570. The molecule has 2 unspecified atom stereocenters. The van der Waals surface area contributed by atoms with Crippen molar-refractivity contribution in [1.82, 2.24) is 0 Å². The van der Waals surface area contributed by atoms with Gasteiger partial charge in [0.25, 0.3) is 0 Å². The van der Waals surface area contributed by atoms with E-state index in [1.165, 1.54) is 7.11 Å². The maximum absolute atomic E-state index is 11.7. The fourth-order valence-electron chi connectivity index (χ4n) is 3.35. The molecule has 1 aliphatic rings. The molecule has 1 rings (SSSR count). The van der Waals surface area contributed by atoms with Crippen LogP contribution in [0.3, 0.4) is 0 Å². The molecular formula is C16H30O3. The highest BCUT2D eigenvalue weighted by atomic mass is 16.5. The largest absolute Gasteiger partial charge is 0.469 e. The lowest BCUT2D eigenvalue weighted by molar-refractivity contribution is -0.151. The molecule has 0 saturated heterocycles. The van der Waals surface area contributed by atoms with Crippen LogP contribution in [0.1, 0.15) is 59.8 Å². The van der Waals surface area contributed by atoms with E-state index in [-0.39, 0.29) is 17.8 Å². The molecule has 0 bridgehead atoms. The Kier molecular flexibility index (Phi) is 5.84. The smallest absolute Gasteiger partial charge is 0.311 e. The molecule has 0 spiro atoms. The van der Waals surface area contributed by atoms with E-state index in [0.717, 1.165) is 31.6 Å². The first kappa shape index (κ1) is 16.5. The van der Waals surface area contributed by atoms with Crippen molar-refractivity contribution in [1.29, 1.82) is 0 Å². The molecule has 3 heteroatoms. The van der Waals surface area contributed by atoms with Crippen molar-refractivity contribution >= 4 is 5.97 Å². The third-order valence-electron chi connectivity index (χ3n) is 4.84. The molecule has 0 radical (unpaired) electrons. The number of methoxy groups -OCH3 is 1. The molecule has 0 aliphatic heterocycles. The molecule has 0 aromatic rings. The molecule has 112 valence electrons. The minimum atomic E-state index is -0.543. The number of carbonyl (C=O) groups excluding carboxylic acids is 1. The van der Waals surface area contributed by atoms with Gasteiger partial charge in [0.1, 0.15) is 0 Å². The van der Waals surface area contributed by atoms with Crippen molar-refractivity contribution in [3.63, 3.8) is 0 Å². The van der Waals surface area contributed by atoms with Gasteiger partial charge >= 0.3 is 5.97 Å². The lowest BCUT2D eigenvalue weighted by atomic mass is 9.68. The quantitative estimate of drug-likeness (QED) is 0.796. The summed E-state index contributed by atoms with van der Waals surface area (Å²) in [5, 5.41) is 10.4. The molecule has 1 saturated carbocycles. The second-order valence-corrected chi connectivity index (χ2v) is 7.01. The van der Waals surface area contributed by atoms with E-state index in [9.17, 15) is 9.90 Å². The fraction of sp³-hybridized carbons (Fsp3) is 0.938. The second-order valence-electron chi connectivity index (χ2n) is 7.01. The average molecular weight is 270 g/mol. The molecular weight excluding hydrogens is 240 g/mol. The zero-order valence-corrected chi connectivity index (χ0v) is 13.1. The van der Waals surface area contributed by atoms with Crippen LogP contribution < -0.4 is 0 Å². The summed E-state index contributed by atoms with van der Waals surface area (Å²) >= 11 is 0. The average Bonchev–Trinajstić information content (AvgIpc) is 2.38. The van der Waals surface area contributed by atoms with Gasteiger partial charge in [-0.15, -0.1) is 0 Å². The monoisotopic (exact) mass is 270 g/mol. The summed E-state index contributed by atoms with van der Waals surface area (Å²) in [7, 11) is 1.40. The predicted molar refractivity (Wildman–Crippen MR) is 76.7 cm³/mol. The van der Waals surface area contributed by atoms with E-state index in [1.54, 1.807) is 0 Å². The first-order valence-electron chi connectivity index (χ1n) is 7.57. The molecule has 19 heavy (non-hydrogen) atoms. The fourth-order valence-corrected chi connectivity index (χ4v) is 3.35. The molecule has 1 N–H and O–H groups in total. The highest BCUT2D eigenvalue weighted by Gasteiger charge is 2.37. The van der Waals surface area contributed by atoms with Crippen molar-refractivity contribution in [3.8, 4) is 0 Å². The van der Waals surface area contributed by atoms with E-state index >= 15 is 0 Å². The normalized spacial score (nSPS) is 27.7. The third-order valence-corrected chi connectivity index (χ3v) is 4.84. The summed E-state index contributed by atoms with van der Waals surface area (Å²) in [6, 6.07) is 0. The lowest BCUT2D eigenvalue weighted by Gasteiger charge is -2.39. The number of hydrogen-bond donors (Lipinski definition) is 1. The zero-order valence-electron chi connectivity index (χ0n) is 13.1. The number of carbonyl (C=O) groups is 1. The maximum Gasteiger partial charge on any atom is 0.311 e. The van der Waals surface area contributed by atoms with Crippen LogP contribution in [-0.4, -0.2) is 24.3 Å². The van der Waals surface area contributed by atoms with Gasteiger partial charge in [-0.25, -0.2) is 0 Å². The van der Waals surface area contributed by atoms with Gasteiger partial charge in [-0.2, -0.15) is 0 Å². The van der Waals surface area contributed by atoms with E-state index in [4.69, 9.17) is 4.74 Å². The van der Waals surface area contributed by atoms with Crippen molar-refractivity contribution in [2.45, 2.75) is 65.9 Å². The van der Waals surface area contributed by atoms with Crippen molar-refractivity contribution in [3.05, 3.63) is 0 Å². The summed E-state index contributed by atoms with van der Waals surface area (Å²) in [5.74, 6) is 0.353. The van der Waals surface area contributed by atoms with Crippen molar-refractivity contribution < 1.29 is 14.6 Å². The summed E-state index contributed by atoms with van der Waals surface area (Å²) in [5.41, 5.74) is 0.350. The minimum Gasteiger partial charge on any atom is -0.469 e. The summed E-state index contributed by atoms with van der Waals surface area (Å²) in [6.07, 6.45) is 4.46.